The first-order valence-electron chi connectivity index (χ1n) is 5.11. The van der Waals surface area contributed by atoms with Gasteiger partial charge in [-0.1, -0.05) is 24.3 Å². The molecule has 0 aliphatic heterocycles. The van der Waals surface area contributed by atoms with Gasteiger partial charge in [-0.15, -0.1) is 0 Å². The SMILES string of the molecule is COc1ccc(-c2ccc(I)c(C)c2)cc1. The molecule has 0 saturated heterocycles. The van der Waals surface area contributed by atoms with Crippen LogP contribution in [0, 0.1) is 10.5 Å². The van der Waals surface area contributed by atoms with E-state index >= 15 is 0 Å². The second-order valence-electron chi connectivity index (χ2n) is 3.69. The van der Waals surface area contributed by atoms with E-state index in [4.69, 9.17) is 4.74 Å². The molecular weight excluding hydrogens is 311 g/mol. The Morgan fingerprint density at radius 3 is 2.12 bits per heavy atom. The Morgan fingerprint density at radius 1 is 0.938 bits per heavy atom. The molecular formula is C14H13IO. The predicted molar refractivity (Wildman–Crippen MR) is 75.9 cm³/mol. The first-order chi connectivity index (χ1) is 7.70. The summed E-state index contributed by atoms with van der Waals surface area (Å²) in [7, 11) is 1.68. The minimum absolute atomic E-state index is 0.894. The van der Waals surface area contributed by atoms with Crippen LogP contribution in [0.4, 0.5) is 0 Å². The molecule has 82 valence electrons. The fraction of sp³-hybridized carbons (Fsp3) is 0.143. The van der Waals surface area contributed by atoms with Gasteiger partial charge < -0.3 is 4.74 Å². The van der Waals surface area contributed by atoms with Gasteiger partial charge in [0.25, 0.3) is 0 Å². The molecule has 0 radical (unpaired) electrons. The van der Waals surface area contributed by atoms with Crippen LogP contribution in [0.25, 0.3) is 11.1 Å². The van der Waals surface area contributed by atoms with E-state index in [1.807, 2.05) is 12.1 Å². The standard InChI is InChI=1S/C14H13IO/c1-10-9-12(5-8-14(10)15)11-3-6-13(16-2)7-4-11/h3-9H,1-2H3. The summed E-state index contributed by atoms with van der Waals surface area (Å²) in [5.41, 5.74) is 3.79. The van der Waals surface area contributed by atoms with Gasteiger partial charge in [0.1, 0.15) is 5.75 Å². The van der Waals surface area contributed by atoms with E-state index in [0.29, 0.717) is 0 Å². The normalized spacial score (nSPS) is 10.2. The molecule has 0 N–H and O–H groups in total. The molecule has 0 aliphatic carbocycles. The second-order valence-corrected chi connectivity index (χ2v) is 4.85. The third-order valence-electron chi connectivity index (χ3n) is 2.58. The third kappa shape index (κ3) is 2.38. The highest BCUT2D eigenvalue weighted by Gasteiger charge is 2.00. The second kappa shape index (κ2) is 4.87. The van der Waals surface area contributed by atoms with Crippen molar-refractivity contribution in [3.8, 4) is 16.9 Å². The van der Waals surface area contributed by atoms with E-state index in [1.54, 1.807) is 7.11 Å². The Bertz CT molecular complexity index is 489. The van der Waals surface area contributed by atoms with Crippen LogP contribution in [-0.2, 0) is 0 Å². The lowest BCUT2D eigenvalue weighted by Gasteiger charge is -2.06. The van der Waals surface area contributed by atoms with E-state index in [0.717, 1.165) is 5.75 Å². The fourth-order valence-electron chi connectivity index (χ4n) is 1.61. The highest BCUT2D eigenvalue weighted by Crippen LogP contribution is 2.24. The molecule has 1 nitrogen and oxygen atoms in total. The van der Waals surface area contributed by atoms with Crippen LogP contribution in [0.2, 0.25) is 0 Å². The summed E-state index contributed by atoms with van der Waals surface area (Å²) in [6.45, 7) is 2.13. The quantitative estimate of drug-likeness (QED) is 0.750. The van der Waals surface area contributed by atoms with E-state index in [-0.39, 0.29) is 0 Å². The smallest absolute Gasteiger partial charge is 0.118 e. The lowest BCUT2D eigenvalue weighted by molar-refractivity contribution is 0.415. The molecule has 0 amide bonds. The summed E-state index contributed by atoms with van der Waals surface area (Å²) in [5.74, 6) is 0.894. The summed E-state index contributed by atoms with van der Waals surface area (Å²) >= 11 is 2.35. The number of hydrogen-bond donors (Lipinski definition) is 0. The highest BCUT2D eigenvalue weighted by atomic mass is 127. The summed E-state index contributed by atoms with van der Waals surface area (Å²) < 4.78 is 6.45. The maximum Gasteiger partial charge on any atom is 0.118 e. The molecule has 0 fully saturated rings. The van der Waals surface area contributed by atoms with Crippen molar-refractivity contribution in [1.29, 1.82) is 0 Å². The Labute approximate surface area is 110 Å². The minimum Gasteiger partial charge on any atom is -0.497 e. The molecule has 16 heavy (non-hydrogen) atoms. The zero-order valence-electron chi connectivity index (χ0n) is 9.33. The summed E-state index contributed by atoms with van der Waals surface area (Å²) in [4.78, 5) is 0. The van der Waals surface area contributed by atoms with Gasteiger partial charge in [-0.05, 0) is 64.4 Å². The van der Waals surface area contributed by atoms with Crippen LogP contribution in [0.5, 0.6) is 5.75 Å². The molecule has 0 saturated carbocycles. The van der Waals surface area contributed by atoms with Crippen molar-refractivity contribution in [3.63, 3.8) is 0 Å². The zero-order valence-corrected chi connectivity index (χ0v) is 11.5. The van der Waals surface area contributed by atoms with Gasteiger partial charge in [0, 0.05) is 3.57 Å². The van der Waals surface area contributed by atoms with E-state index in [9.17, 15) is 0 Å². The Hall–Kier alpha value is -1.03. The van der Waals surface area contributed by atoms with Gasteiger partial charge in [-0.2, -0.15) is 0 Å². The van der Waals surface area contributed by atoms with Crippen LogP contribution in [0.15, 0.2) is 42.5 Å². The average Bonchev–Trinajstić information content (AvgIpc) is 2.33. The summed E-state index contributed by atoms with van der Waals surface area (Å²) in [6.07, 6.45) is 0. The van der Waals surface area contributed by atoms with Crippen molar-refractivity contribution in [1.82, 2.24) is 0 Å². The summed E-state index contributed by atoms with van der Waals surface area (Å²) in [6, 6.07) is 14.7. The Balaban J connectivity index is 2.38. The zero-order chi connectivity index (χ0) is 11.5. The number of benzene rings is 2. The molecule has 0 unspecified atom stereocenters. The maximum atomic E-state index is 5.15. The van der Waals surface area contributed by atoms with Crippen molar-refractivity contribution in [3.05, 3.63) is 51.6 Å². The molecule has 2 rings (SSSR count). The number of hydrogen-bond acceptors (Lipinski definition) is 1. The monoisotopic (exact) mass is 324 g/mol. The molecule has 2 aromatic carbocycles. The van der Waals surface area contributed by atoms with E-state index in [1.165, 1.54) is 20.3 Å². The molecule has 0 bridgehead atoms. The van der Waals surface area contributed by atoms with E-state index in [2.05, 4.69) is 59.8 Å². The van der Waals surface area contributed by atoms with Gasteiger partial charge in [-0.3, -0.25) is 0 Å². The summed E-state index contributed by atoms with van der Waals surface area (Å²) in [5, 5.41) is 0. The van der Waals surface area contributed by atoms with Crippen molar-refractivity contribution < 1.29 is 4.74 Å². The molecule has 0 aliphatic rings. The number of ether oxygens (including phenoxy) is 1. The van der Waals surface area contributed by atoms with Crippen LogP contribution < -0.4 is 4.74 Å². The topological polar surface area (TPSA) is 9.23 Å². The predicted octanol–water partition coefficient (Wildman–Crippen LogP) is 4.28. The number of halogens is 1. The van der Waals surface area contributed by atoms with Crippen molar-refractivity contribution >= 4 is 22.6 Å². The molecule has 0 heterocycles. The lowest BCUT2D eigenvalue weighted by Crippen LogP contribution is -1.85. The average molecular weight is 324 g/mol. The van der Waals surface area contributed by atoms with Crippen molar-refractivity contribution in [2.24, 2.45) is 0 Å². The number of rotatable bonds is 2. The van der Waals surface area contributed by atoms with Crippen LogP contribution in [0.3, 0.4) is 0 Å². The van der Waals surface area contributed by atoms with E-state index < -0.39 is 0 Å². The van der Waals surface area contributed by atoms with Gasteiger partial charge in [-0.25, -0.2) is 0 Å². The number of methoxy groups -OCH3 is 1. The van der Waals surface area contributed by atoms with Crippen molar-refractivity contribution in [2.45, 2.75) is 6.92 Å². The third-order valence-corrected chi connectivity index (χ3v) is 3.79. The van der Waals surface area contributed by atoms with Gasteiger partial charge in [0.2, 0.25) is 0 Å². The first-order valence-corrected chi connectivity index (χ1v) is 6.19. The maximum absolute atomic E-state index is 5.15. The lowest BCUT2D eigenvalue weighted by atomic mass is 10.0. The Kier molecular flexibility index (Phi) is 3.49. The molecule has 0 atom stereocenters. The molecule has 2 aromatic rings. The number of aryl methyl sites for hydroxylation is 1. The van der Waals surface area contributed by atoms with Crippen molar-refractivity contribution in [2.75, 3.05) is 7.11 Å². The highest BCUT2D eigenvalue weighted by molar-refractivity contribution is 14.1. The van der Waals surface area contributed by atoms with Crippen LogP contribution >= 0.6 is 22.6 Å². The fourth-order valence-corrected chi connectivity index (χ4v) is 1.94. The molecule has 2 heteroatoms. The largest absolute Gasteiger partial charge is 0.497 e. The molecule has 0 spiro atoms. The first kappa shape index (κ1) is 11.5. The minimum atomic E-state index is 0.894. The van der Waals surface area contributed by atoms with Crippen LogP contribution in [0.1, 0.15) is 5.56 Å². The van der Waals surface area contributed by atoms with Gasteiger partial charge in [0.15, 0.2) is 0 Å². The Morgan fingerprint density at radius 2 is 1.56 bits per heavy atom. The van der Waals surface area contributed by atoms with Gasteiger partial charge >= 0.3 is 0 Å². The molecule has 0 aromatic heterocycles. The van der Waals surface area contributed by atoms with Crippen LogP contribution in [-0.4, -0.2) is 7.11 Å². The van der Waals surface area contributed by atoms with Gasteiger partial charge in [0.05, 0.1) is 7.11 Å².